The maximum Gasteiger partial charge on any atom is 0.225 e. The zero-order valence-corrected chi connectivity index (χ0v) is 16.1. The van der Waals surface area contributed by atoms with Crippen molar-refractivity contribution in [3.05, 3.63) is 34.7 Å². The van der Waals surface area contributed by atoms with Crippen LogP contribution in [-0.4, -0.2) is 46.1 Å². The van der Waals surface area contributed by atoms with E-state index in [-0.39, 0.29) is 17.7 Å². The molecule has 3 rings (SSSR count). The van der Waals surface area contributed by atoms with E-state index in [0.717, 1.165) is 55.3 Å². The van der Waals surface area contributed by atoms with Gasteiger partial charge in [0.25, 0.3) is 0 Å². The summed E-state index contributed by atoms with van der Waals surface area (Å²) in [5.41, 5.74) is 3.03. The molecule has 7 heteroatoms. The molecule has 3 heterocycles. The van der Waals surface area contributed by atoms with E-state index in [4.69, 9.17) is 9.51 Å². The summed E-state index contributed by atoms with van der Waals surface area (Å²) in [6.45, 7) is 8.18. The number of carbonyl (C=O) groups is 1. The molecule has 26 heavy (non-hydrogen) atoms. The van der Waals surface area contributed by atoms with Crippen molar-refractivity contribution in [2.45, 2.75) is 52.5 Å². The van der Waals surface area contributed by atoms with Crippen molar-refractivity contribution < 1.29 is 9.32 Å². The van der Waals surface area contributed by atoms with Crippen LogP contribution in [0.2, 0.25) is 0 Å². The third kappa shape index (κ3) is 3.98. The van der Waals surface area contributed by atoms with Crippen molar-refractivity contribution in [2.24, 2.45) is 5.92 Å². The number of aryl methyl sites for hydroxylation is 3. The number of nitrogens with one attached hydrogen (secondary N) is 2. The van der Waals surface area contributed by atoms with Crippen molar-refractivity contribution in [1.82, 2.24) is 25.3 Å². The fraction of sp³-hybridized carbons (Fsp3) is 0.632. The Morgan fingerprint density at radius 1 is 1.42 bits per heavy atom. The van der Waals surface area contributed by atoms with Crippen LogP contribution in [0.15, 0.2) is 10.6 Å². The van der Waals surface area contributed by atoms with Gasteiger partial charge < -0.3 is 19.7 Å². The molecule has 7 nitrogen and oxygen atoms in total. The van der Waals surface area contributed by atoms with Gasteiger partial charge in [-0.1, -0.05) is 25.4 Å². The number of likely N-dealkylation sites (tertiary alicyclic amines) is 1. The van der Waals surface area contributed by atoms with Crippen LogP contribution in [-0.2, 0) is 24.2 Å². The minimum atomic E-state index is -0.107. The molecule has 142 valence electrons. The molecule has 0 unspecified atom stereocenters. The number of likely N-dealkylation sites (N-methyl/N-ethyl adjacent to an activating group) is 1. The lowest BCUT2D eigenvalue weighted by atomic mass is 9.91. The molecule has 0 aromatic carbocycles. The summed E-state index contributed by atoms with van der Waals surface area (Å²) in [5.74, 6) is 1.74. The lowest BCUT2D eigenvalue weighted by molar-refractivity contribution is -0.125. The Hall–Kier alpha value is -2.15. The largest absolute Gasteiger partial charge is 0.359 e. The first-order chi connectivity index (χ1) is 12.5. The van der Waals surface area contributed by atoms with Gasteiger partial charge in [-0.05, 0) is 20.4 Å². The van der Waals surface area contributed by atoms with E-state index < -0.39 is 0 Å². The first-order valence-electron chi connectivity index (χ1n) is 9.47. The van der Waals surface area contributed by atoms with Gasteiger partial charge in [-0.25, -0.2) is 4.98 Å². The molecule has 1 aliphatic heterocycles. The summed E-state index contributed by atoms with van der Waals surface area (Å²) in [4.78, 5) is 23.1. The molecular formula is C19H29N5O2. The summed E-state index contributed by atoms with van der Waals surface area (Å²) >= 11 is 0. The minimum Gasteiger partial charge on any atom is -0.359 e. The zero-order valence-electron chi connectivity index (χ0n) is 16.1. The zero-order chi connectivity index (χ0) is 18.7. The predicted octanol–water partition coefficient (Wildman–Crippen LogP) is 2.18. The number of aromatic amines is 1. The van der Waals surface area contributed by atoms with E-state index in [0.29, 0.717) is 12.3 Å². The molecule has 2 N–H and O–H groups in total. The molecule has 0 aliphatic carbocycles. The number of nitrogens with zero attached hydrogens (tertiary/aromatic N) is 3. The summed E-state index contributed by atoms with van der Waals surface area (Å²) in [7, 11) is 2.05. The lowest BCUT2D eigenvalue weighted by Crippen LogP contribution is -2.34. The van der Waals surface area contributed by atoms with Gasteiger partial charge in [0.15, 0.2) is 5.76 Å². The SMILES string of the molecule is CCCc1cc(CNC(=O)[C@H]2CN(C)C[C@@H]2c2nc(CC)[nH]c2C)on1. The first kappa shape index (κ1) is 18.6. The molecule has 1 saturated heterocycles. The van der Waals surface area contributed by atoms with Crippen LogP contribution in [0.4, 0.5) is 0 Å². The maximum absolute atomic E-state index is 12.8. The summed E-state index contributed by atoms with van der Waals surface area (Å²) in [6, 6.07) is 1.92. The van der Waals surface area contributed by atoms with Gasteiger partial charge in [0.2, 0.25) is 5.91 Å². The van der Waals surface area contributed by atoms with E-state index in [1.54, 1.807) is 0 Å². The Morgan fingerprint density at radius 2 is 2.23 bits per heavy atom. The number of hydrogen-bond acceptors (Lipinski definition) is 5. The van der Waals surface area contributed by atoms with Crippen LogP contribution in [0.1, 0.15) is 54.9 Å². The molecule has 0 radical (unpaired) electrons. The molecule has 2 aromatic heterocycles. The molecule has 2 atom stereocenters. The number of carbonyl (C=O) groups excluding carboxylic acids is 1. The van der Waals surface area contributed by atoms with E-state index in [1.165, 1.54) is 0 Å². The topological polar surface area (TPSA) is 87.0 Å². The molecule has 0 saturated carbocycles. The highest BCUT2D eigenvalue weighted by Crippen LogP contribution is 2.33. The van der Waals surface area contributed by atoms with Gasteiger partial charge in [0.05, 0.1) is 23.9 Å². The van der Waals surface area contributed by atoms with Gasteiger partial charge in [0, 0.05) is 37.2 Å². The average Bonchev–Trinajstić information content (AvgIpc) is 3.31. The summed E-state index contributed by atoms with van der Waals surface area (Å²) < 4.78 is 5.31. The van der Waals surface area contributed by atoms with Gasteiger partial charge in [-0.15, -0.1) is 0 Å². The van der Waals surface area contributed by atoms with Gasteiger partial charge in [0.1, 0.15) is 5.82 Å². The highest BCUT2D eigenvalue weighted by molar-refractivity contribution is 5.80. The number of imidazole rings is 1. The number of aromatic nitrogens is 3. The predicted molar refractivity (Wildman–Crippen MR) is 98.8 cm³/mol. The number of H-pyrrole nitrogens is 1. The number of amides is 1. The van der Waals surface area contributed by atoms with E-state index in [1.807, 2.05) is 13.0 Å². The summed E-state index contributed by atoms with van der Waals surface area (Å²) in [6.07, 6.45) is 2.79. The van der Waals surface area contributed by atoms with Crippen molar-refractivity contribution in [1.29, 1.82) is 0 Å². The second-order valence-electron chi connectivity index (χ2n) is 7.23. The van der Waals surface area contributed by atoms with E-state index in [2.05, 4.69) is 41.3 Å². The molecule has 1 fully saturated rings. The second-order valence-corrected chi connectivity index (χ2v) is 7.23. The van der Waals surface area contributed by atoms with Crippen LogP contribution >= 0.6 is 0 Å². The lowest BCUT2D eigenvalue weighted by Gasteiger charge is -2.16. The second kappa shape index (κ2) is 8.03. The maximum atomic E-state index is 12.8. The van der Waals surface area contributed by atoms with Crippen molar-refractivity contribution >= 4 is 5.91 Å². The Labute approximate surface area is 154 Å². The molecule has 0 bridgehead atoms. The van der Waals surface area contributed by atoms with E-state index >= 15 is 0 Å². The molecule has 1 aliphatic rings. The van der Waals surface area contributed by atoms with Crippen molar-refractivity contribution in [3.8, 4) is 0 Å². The first-order valence-corrected chi connectivity index (χ1v) is 9.47. The molecular weight excluding hydrogens is 330 g/mol. The quantitative estimate of drug-likeness (QED) is 0.791. The smallest absolute Gasteiger partial charge is 0.225 e. The third-order valence-corrected chi connectivity index (χ3v) is 5.05. The Morgan fingerprint density at radius 3 is 2.92 bits per heavy atom. The minimum absolute atomic E-state index is 0.0493. The van der Waals surface area contributed by atoms with Crippen LogP contribution < -0.4 is 5.32 Å². The third-order valence-electron chi connectivity index (χ3n) is 5.05. The highest BCUT2D eigenvalue weighted by Gasteiger charge is 2.39. The molecule has 1 amide bonds. The summed E-state index contributed by atoms with van der Waals surface area (Å²) in [5, 5.41) is 7.05. The van der Waals surface area contributed by atoms with Crippen molar-refractivity contribution in [3.63, 3.8) is 0 Å². The normalized spacial score (nSPS) is 20.6. The van der Waals surface area contributed by atoms with Gasteiger partial charge in [-0.2, -0.15) is 0 Å². The van der Waals surface area contributed by atoms with Gasteiger partial charge >= 0.3 is 0 Å². The highest BCUT2D eigenvalue weighted by atomic mass is 16.5. The van der Waals surface area contributed by atoms with E-state index in [9.17, 15) is 4.79 Å². The molecule has 2 aromatic rings. The number of hydrogen-bond donors (Lipinski definition) is 2. The number of rotatable bonds is 7. The Bertz CT molecular complexity index is 751. The van der Waals surface area contributed by atoms with Crippen LogP contribution in [0.25, 0.3) is 0 Å². The van der Waals surface area contributed by atoms with Crippen LogP contribution in [0.3, 0.4) is 0 Å². The monoisotopic (exact) mass is 359 g/mol. The Balaban J connectivity index is 1.67. The fourth-order valence-electron chi connectivity index (χ4n) is 3.73. The fourth-order valence-corrected chi connectivity index (χ4v) is 3.73. The Kier molecular flexibility index (Phi) is 5.76. The van der Waals surface area contributed by atoms with Crippen molar-refractivity contribution in [2.75, 3.05) is 20.1 Å². The average molecular weight is 359 g/mol. The standard InChI is InChI=1S/C19H29N5O2/c1-5-7-13-8-14(26-23-13)9-20-19(25)16-11-24(4)10-15(16)18-12(3)21-17(6-2)22-18/h8,15-16H,5-7,9-11H2,1-4H3,(H,20,25)(H,21,22)/t15-,16-/m0/s1. The van der Waals surface area contributed by atoms with Gasteiger partial charge in [-0.3, -0.25) is 4.79 Å². The van der Waals surface area contributed by atoms with Crippen LogP contribution in [0.5, 0.6) is 0 Å². The van der Waals surface area contributed by atoms with Crippen LogP contribution in [0, 0.1) is 12.8 Å². The molecule has 0 spiro atoms.